The van der Waals surface area contributed by atoms with Crippen LogP contribution in [-0.4, -0.2) is 6.61 Å². The fourth-order valence-electron chi connectivity index (χ4n) is 1.77. The van der Waals surface area contributed by atoms with Gasteiger partial charge in [-0.2, -0.15) is 5.26 Å². The van der Waals surface area contributed by atoms with Crippen LogP contribution in [-0.2, 0) is 6.54 Å². The summed E-state index contributed by atoms with van der Waals surface area (Å²) >= 11 is 6.99. The first-order valence-corrected chi connectivity index (χ1v) is 8.20. The third-order valence-electron chi connectivity index (χ3n) is 3.04. The van der Waals surface area contributed by atoms with Crippen molar-refractivity contribution in [1.29, 1.82) is 5.26 Å². The number of hydrogen-bond acceptors (Lipinski definition) is 3. The number of nitrogens with zero attached hydrogens (tertiary/aromatic N) is 1. The Morgan fingerprint density at radius 2 is 1.85 bits per heavy atom. The van der Waals surface area contributed by atoms with Crippen LogP contribution in [0, 0.1) is 16.7 Å². The van der Waals surface area contributed by atoms with E-state index in [-0.39, 0.29) is 5.41 Å². The van der Waals surface area contributed by atoms with Gasteiger partial charge in [0.15, 0.2) is 0 Å². The number of nitrogens with two attached hydrogens (primary N) is 1. The van der Waals surface area contributed by atoms with Crippen molar-refractivity contribution in [3.63, 3.8) is 0 Å². The van der Waals surface area contributed by atoms with Crippen molar-refractivity contribution in [1.82, 2.24) is 0 Å². The molecule has 3 nitrogen and oxygen atoms in total. The molecule has 2 N–H and O–H groups in total. The molecular formula is C15H20Br2N2O. The molecule has 0 aromatic heterocycles. The number of rotatable bonds is 7. The van der Waals surface area contributed by atoms with E-state index >= 15 is 0 Å². The van der Waals surface area contributed by atoms with Crippen molar-refractivity contribution in [2.75, 3.05) is 6.61 Å². The minimum absolute atomic E-state index is 0.246. The first-order chi connectivity index (χ1) is 9.39. The second kappa shape index (κ2) is 8.02. The van der Waals surface area contributed by atoms with Crippen LogP contribution in [0.3, 0.4) is 0 Å². The zero-order valence-corrected chi connectivity index (χ0v) is 15.1. The molecule has 1 aromatic carbocycles. The maximum atomic E-state index is 8.95. The first kappa shape index (κ1) is 17.5. The largest absolute Gasteiger partial charge is 0.491 e. The van der Waals surface area contributed by atoms with Gasteiger partial charge in [-0.25, -0.2) is 0 Å². The van der Waals surface area contributed by atoms with E-state index in [2.05, 4.69) is 37.9 Å². The Kier molecular flexibility index (Phi) is 7.01. The lowest BCUT2D eigenvalue weighted by molar-refractivity contribution is 0.291. The van der Waals surface area contributed by atoms with Crippen LogP contribution in [0.5, 0.6) is 5.75 Å². The second-order valence-corrected chi connectivity index (χ2v) is 7.10. The Morgan fingerprint density at radius 3 is 2.35 bits per heavy atom. The van der Waals surface area contributed by atoms with Crippen LogP contribution >= 0.6 is 31.9 Å². The first-order valence-electron chi connectivity index (χ1n) is 6.61. The van der Waals surface area contributed by atoms with E-state index in [4.69, 9.17) is 15.7 Å². The molecule has 1 aromatic rings. The SMILES string of the molecule is CC(C)(C#N)CCCCOc1c(Br)cc(CN)cc1Br. The molecule has 0 radical (unpaired) electrons. The van der Waals surface area contributed by atoms with Crippen LogP contribution in [0.1, 0.15) is 38.7 Å². The smallest absolute Gasteiger partial charge is 0.147 e. The summed E-state index contributed by atoms with van der Waals surface area (Å²) in [6.45, 7) is 5.07. The highest BCUT2D eigenvalue weighted by Crippen LogP contribution is 2.35. The second-order valence-electron chi connectivity index (χ2n) is 5.39. The molecule has 0 aliphatic carbocycles. The van der Waals surface area contributed by atoms with E-state index in [9.17, 15) is 0 Å². The Labute approximate surface area is 137 Å². The molecule has 0 fully saturated rings. The molecule has 0 bridgehead atoms. The van der Waals surface area contributed by atoms with E-state index < -0.39 is 0 Å². The molecule has 5 heteroatoms. The molecule has 0 saturated heterocycles. The minimum Gasteiger partial charge on any atom is -0.491 e. The number of ether oxygens (including phenoxy) is 1. The number of hydrogen-bond donors (Lipinski definition) is 1. The van der Waals surface area contributed by atoms with Crippen molar-refractivity contribution in [2.24, 2.45) is 11.1 Å². The van der Waals surface area contributed by atoms with Crippen LogP contribution in [0.25, 0.3) is 0 Å². The highest BCUT2D eigenvalue weighted by Gasteiger charge is 2.15. The Bertz CT molecular complexity index is 472. The Balaban J connectivity index is 2.45. The summed E-state index contributed by atoms with van der Waals surface area (Å²) in [6, 6.07) is 6.26. The van der Waals surface area contributed by atoms with Gasteiger partial charge in [0.25, 0.3) is 0 Å². The van der Waals surface area contributed by atoms with Crippen LogP contribution < -0.4 is 10.5 Å². The van der Waals surface area contributed by atoms with Crippen molar-refractivity contribution in [2.45, 2.75) is 39.7 Å². The van der Waals surface area contributed by atoms with Gasteiger partial charge >= 0.3 is 0 Å². The van der Waals surface area contributed by atoms with E-state index in [0.717, 1.165) is 39.5 Å². The molecule has 0 spiro atoms. The molecule has 20 heavy (non-hydrogen) atoms. The summed E-state index contributed by atoms with van der Waals surface area (Å²) in [5.74, 6) is 0.807. The van der Waals surface area contributed by atoms with E-state index in [0.29, 0.717) is 13.2 Å². The fraction of sp³-hybridized carbons (Fsp3) is 0.533. The standard InChI is InChI=1S/C15H20Br2N2O/c1-15(2,10-19)5-3-4-6-20-14-12(16)7-11(9-18)8-13(14)17/h7-8H,3-6,9,18H2,1-2H3. The topological polar surface area (TPSA) is 59.0 Å². The highest BCUT2D eigenvalue weighted by atomic mass is 79.9. The lowest BCUT2D eigenvalue weighted by Gasteiger charge is -2.15. The Morgan fingerprint density at radius 1 is 1.25 bits per heavy atom. The van der Waals surface area contributed by atoms with Gasteiger partial charge in [-0.1, -0.05) is 0 Å². The third-order valence-corrected chi connectivity index (χ3v) is 4.22. The zero-order valence-electron chi connectivity index (χ0n) is 11.9. The van der Waals surface area contributed by atoms with E-state index in [1.165, 1.54) is 0 Å². The van der Waals surface area contributed by atoms with E-state index in [1.54, 1.807) is 0 Å². The van der Waals surface area contributed by atoms with Crippen molar-refractivity contribution in [3.05, 3.63) is 26.6 Å². The predicted molar refractivity (Wildman–Crippen MR) is 88.5 cm³/mol. The van der Waals surface area contributed by atoms with Gasteiger partial charge in [0, 0.05) is 6.54 Å². The average Bonchev–Trinajstić information content (AvgIpc) is 2.40. The van der Waals surface area contributed by atoms with Gasteiger partial charge in [-0.3, -0.25) is 0 Å². The van der Waals surface area contributed by atoms with Gasteiger partial charge in [0.05, 0.1) is 27.0 Å². The van der Waals surface area contributed by atoms with Gasteiger partial charge < -0.3 is 10.5 Å². The van der Waals surface area contributed by atoms with Crippen LogP contribution in [0.15, 0.2) is 21.1 Å². The monoisotopic (exact) mass is 402 g/mol. The van der Waals surface area contributed by atoms with Crippen molar-refractivity contribution < 1.29 is 4.74 Å². The lowest BCUT2D eigenvalue weighted by Crippen LogP contribution is -2.08. The quantitative estimate of drug-likeness (QED) is 0.667. The summed E-state index contributed by atoms with van der Waals surface area (Å²) in [7, 11) is 0. The minimum atomic E-state index is -0.246. The molecule has 110 valence electrons. The number of halogens is 2. The molecular weight excluding hydrogens is 384 g/mol. The summed E-state index contributed by atoms with van der Waals surface area (Å²) in [5, 5.41) is 8.95. The highest BCUT2D eigenvalue weighted by molar-refractivity contribution is 9.11. The number of benzene rings is 1. The molecule has 1 rings (SSSR count). The predicted octanol–water partition coefficient (Wildman–Crippen LogP) is 4.77. The van der Waals surface area contributed by atoms with Gasteiger partial charge in [-0.15, -0.1) is 0 Å². The van der Waals surface area contributed by atoms with Crippen LogP contribution in [0.2, 0.25) is 0 Å². The summed E-state index contributed by atoms with van der Waals surface area (Å²) in [5.41, 5.74) is 6.42. The third kappa shape index (κ3) is 5.43. The van der Waals surface area contributed by atoms with Crippen molar-refractivity contribution in [3.8, 4) is 11.8 Å². The molecule has 0 aliphatic rings. The van der Waals surface area contributed by atoms with Crippen molar-refractivity contribution >= 4 is 31.9 Å². The van der Waals surface area contributed by atoms with Gasteiger partial charge in [0.2, 0.25) is 0 Å². The molecule has 0 amide bonds. The normalized spacial score (nSPS) is 11.2. The van der Waals surface area contributed by atoms with E-state index in [1.807, 2.05) is 26.0 Å². The maximum absolute atomic E-state index is 8.95. The summed E-state index contributed by atoms with van der Waals surface area (Å²) in [6.07, 6.45) is 2.81. The molecule has 0 heterocycles. The number of nitriles is 1. The summed E-state index contributed by atoms with van der Waals surface area (Å²) in [4.78, 5) is 0. The summed E-state index contributed by atoms with van der Waals surface area (Å²) < 4.78 is 7.61. The maximum Gasteiger partial charge on any atom is 0.147 e. The molecule has 0 aliphatic heterocycles. The molecule has 0 saturated carbocycles. The van der Waals surface area contributed by atoms with Gasteiger partial charge in [-0.05, 0) is 82.7 Å². The zero-order chi connectivity index (χ0) is 15.2. The van der Waals surface area contributed by atoms with Gasteiger partial charge in [0.1, 0.15) is 5.75 Å². The average molecular weight is 404 g/mol. The Hall–Kier alpha value is -0.570. The lowest BCUT2D eigenvalue weighted by atomic mass is 9.89. The molecule has 0 atom stereocenters. The fourth-order valence-corrected chi connectivity index (χ4v) is 3.28. The number of unbranched alkanes of at least 4 members (excludes halogenated alkanes) is 1. The molecule has 0 unspecified atom stereocenters. The van der Waals surface area contributed by atoms with Crippen LogP contribution in [0.4, 0.5) is 0 Å².